The minimum atomic E-state index is -0.587. The van der Waals surface area contributed by atoms with Gasteiger partial charge >= 0.3 is 0 Å². The Balaban J connectivity index is 1.32. The lowest BCUT2D eigenvalue weighted by atomic mass is 9.88. The van der Waals surface area contributed by atoms with Gasteiger partial charge in [-0.2, -0.15) is 5.10 Å². The van der Waals surface area contributed by atoms with Gasteiger partial charge in [-0.25, -0.2) is 4.39 Å². The highest BCUT2D eigenvalue weighted by atomic mass is 19.1. The van der Waals surface area contributed by atoms with E-state index in [9.17, 15) is 18.8 Å². The lowest BCUT2D eigenvalue weighted by Crippen LogP contribution is -2.66. The molecule has 0 radical (unpaired) electrons. The predicted octanol–water partition coefficient (Wildman–Crippen LogP) is 1.62. The Hall–Kier alpha value is -3.59. The van der Waals surface area contributed by atoms with Crippen molar-refractivity contribution in [3.8, 4) is 0 Å². The van der Waals surface area contributed by atoms with Crippen LogP contribution in [0.15, 0.2) is 53.5 Å². The second kappa shape index (κ2) is 8.64. The summed E-state index contributed by atoms with van der Waals surface area (Å²) < 4.78 is 16.3. The van der Waals surface area contributed by atoms with Crippen LogP contribution in [0.3, 0.4) is 0 Å². The first-order chi connectivity index (χ1) is 16.4. The number of fused-ring (bicyclic) bond motifs is 1. The summed E-state index contributed by atoms with van der Waals surface area (Å²) in [7, 11) is 0. The van der Waals surface area contributed by atoms with Gasteiger partial charge in [-0.3, -0.25) is 19.1 Å². The molecule has 34 heavy (non-hydrogen) atoms. The van der Waals surface area contributed by atoms with Crippen LogP contribution in [-0.2, 0) is 11.3 Å². The van der Waals surface area contributed by atoms with E-state index in [2.05, 4.69) is 10.4 Å². The van der Waals surface area contributed by atoms with Gasteiger partial charge in [0.2, 0.25) is 11.3 Å². The molecular weight excluding hydrogens is 437 g/mol. The predicted molar refractivity (Wildman–Crippen MR) is 125 cm³/mol. The summed E-state index contributed by atoms with van der Waals surface area (Å²) in [6, 6.07) is 11.6. The molecule has 0 aliphatic carbocycles. The standard InChI is InChI=1S/C25H26FN5O3/c1-25(8-9-27-25)24(34)30-12-10-29(11-13-30)23(33)19-14-17(6-7-20(19)26)16-31-21-5-3-2-4-18(21)22(32)15-28-31/h2-7,14-15,27H,8-13,16H2,1H3/t25-/m0/s1. The number of nitrogens with zero attached hydrogens (tertiary/aromatic N) is 4. The lowest BCUT2D eigenvalue weighted by molar-refractivity contribution is -0.142. The number of carbonyl (C=O) groups excluding carboxylic acids is 2. The van der Waals surface area contributed by atoms with Crippen molar-refractivity contribution < 1.29 is 14.0 Å². The molecule has 0 unspecified atom stereocenters. The largest absolute Gasteiger partial charge is 0.338 e. The molecule has 2 aliphatic rings. The van der Waals surface area contributed by atoms with E-state index >= 15 is 0 Å². The van der Waals surface area contributed by atoms with Crippen molar-refractivity contribution in [2.24, 2.45) is 0 Å². The second-order valence-corrected chi connectivity index (χ2v) is 9.09. The van der Waals surface area contributed by atoms with Crippen LogP contribution < -0.4 is 10.7 Å². The number of benzene rings is 2. The molecule has 2 saturated heterocycles. The number of hydrogen-bond donors (Lipinski definition) is 1. The minimum Gasteiger partial charge on any atom is -0.338 e. The van der Waals surface area contributed by atoms with Crippen LogP contribution in [0.25, 0.3) is 10.9 Å². The maximum absolute atomic E-state index is 14.7. The Morgan fingerprint density at radius 3 is 2.50 bits per heavy atom. The normalized spacial score (nSPS) is 20.3. The summed E-state index contributed by atoms with van der Waals surface area (Å²) in [6.45, 7) is 4.59. The van der Waals surface area contributed by atoms with Gasteiger partial charge < -0.3 is 15.1 Å². The van der Waals surface area contributed by atoms with Gasteiger partial charge in [0.25, 0.3) is 5.91 Å². The Kier molecular flexibility index (Phi) is 5.65. The first-order valence-electron chi connectivity index (χ1n) is 11.4. The van der Waals surface area contributed by atoms with Gasteiger partial charge in [-0.1, -0.05) is 18.2 Å². The third kappa shape index (κ3) is 3.96. The summed E-state index contributed by atoms with van der Waals surface area (Å²) in [6.07, 6.45) is 2.07. The molecule has 176 valence electrons. The van der Waals surface area contributed by atoms with Crippen molar-refractivity contribution in [2.75, 3.05) is 32.7 Å². The molecule has 1 aromatic heterocycles. The molecule has 9 heteroatoms. The molecule has 1 atom stereocenters. The maximum Gasteiger partial charge on any atom is 0.256 e. The molecule has 0 bridgehead atoms. The Morgan fingerprint density at radius 1 is 1.09 bits per heavy atom. The van der Waals surface area contributed by atoms with Crippen LogP contribution in [0.4, 0.5) is 4.39 Å². The summed E-state index contributed by atoms with van der Waals surface area (Å²) in [5, 5.41) is 7.95. The van der Waals surface area contributed by atoms with Crippen LogP contribution in [0.1, 0.15) is 29.3 Å². The number of carbonyl (C=O) groups is 2. The molecule has 2 aromatic carbocycles. The number of rotatable bonds is 4. The van der Waals surface area contributed by atoms with Crippen LogP contribution in [0, 0.1) is 5.82 Å². The summed E-state index contributed by atoms with van der Waals surface area (Å²) in [5.74, 6) is -0.923. The quantitative estimate of drug-likeness (QED) is 0.636. The third-order valence-electron chi connectivity index (χ3n) is 6.82. The van der Waals surface area contributed by atoms with E-state index in [4.69, 9.17) is 0 Å². The number of halogens is 1. The first-order valence-corrected chi connectivity index (χ1v) is 11.4. The molecule has 2 amide bonds. The lowest BCUT2D eigenvalue weighted by Gasteiger charge is -2.44. The van der Waals surface area contributed by atoms with Crippen molar-refractivity contribution in [3.05, 3.63) is 75.8 Å². The fourth-order valence-electron chi connectivity index (χ4n) is 4.61. The molecular formula is C25H26FN5O3. The second-order valence-electron chi connectivity index (χ2n) is 9.09. The van der Waals surface area contributed by atoms with E-state index in [1.165, 1.54) is 12.3 Å². The minimum absolute atomic E-state index is 0.00440. The number of amides is 2. The number of para-hydroxylation sites is 1. The van der Waals surface area contributed by atoms with Crippen LogP contribution in [-0.4, -0.2) is 69.7 Å². The van der Waals surface area contributed by atoms with Crippen molar-refractivity contribution in [3.63, 3.8) is 0 Å². The van der Waals surface area contributed by atoms with Gasteiger partial charge in [0.05, 0.1) is 29.4 Å². The summed E-state index contributed by atoms with van der Waals surface area (Å²) in [4.78, 5) is 41.3. The van der Waals surface area contributed by atoms with Crippen LogP contribution in [0.5, 0.6) is 0 Å². The smallest absolute Gasteiger partial charge is 0.256 e. The number of hydrogen-bond acceptors (Lipinski definition) is 5. The first kappa shape index (κ1) is 22.2. The van der Waals surface area contributed by atoms with E-state index in [1.54, 1.807) is 44.8 Å². The molecule has 3 aromatic rings. The van der Waals surface area contributed by atoms with Gasteiger partial charge in [0.1, 0.15) is 5.82 Å². The molecule has 8 nitrogen and oxygen atoms in total. The molecule has 5 rings (SSSR count). The van der Waals surface area contributed by atoms with Gasteiger partial charge in [-0.05, 0) is 49.7 Å². The zero-order valence-electron chi connectivity index (χ0n) is 19.0. The molecule has 3 heterocycles. The van der Waals surface area contributed by atoms with Crippen molar-refractivity contribution >= 4 is 22.7 Å². The van der Waals surface area contributed by atoms with Crippen molar-refractivity contribution in [1.29, 1.82) is 0 Å². The average molecular weight is 464 g/mol. The SMILES string of the molecule is C[C@@]1(C(=O)N2CCN(C(=O)c3cc(Cn4ncc(=O)c5ccccc54)ccc3F)CC2)CCN1. The van der Waals surface area contributed by atoms with E-state index in [1.807, 2.05) is 13.0 Å². The highest BCUT2D eigenvalue weighted by molar-refractivity contribution is 5.95. The number of piperazine rings is 1. The van der Waals surface area contributed by atoms with Gasteiger partial charge in [0.15, 0.2) is 0 Å². The number of nitrogens with one attached hydrogen (secondary N) is 1. The van der Waals surface area contributed by atoms with E-state index < -0.39 is 17.3 Å². The maximum atomic E-state index is 14.7. The van der Waals surface area contributed by atoms with Crippen LogP contribution in [0.2, 0.25) is 0 Å². The van der Waals surface area contributed by atoms with Gasteiger partial charge in [0, 0.05) is 31.6 Å². The third-order valence-corrected chi connectivity index (χ3v) is 6.82. The highest BCUT2D eigenvalue weighted by Gasteiger charge is 2.42. The zero-order chi connectivity index (χ0) is 23.9. The Morgan fingerprint density at radius 2 is 1.79 bits per heavy atom. The summed E-state index contributed by atoms with van der Waals surface area (Å²) in [5.41, 5.74) is 0.690. The zero-order valence-corrected chi connectivity index (χ0v) is 19.0. The van der Waals surface area contributed by atoms with E-state index in [0.29, 0.717) is 42.6 Å². The van der Waals surface area contributed by atoms with Gasteiger partial charge in [-0.15, -0.1) is 0 Å². The Labute approximate surface area is 196 Å². The average Bonchev–Trinajstić information content (AvgIpc) is 2.85. The topological polar surface area (TPSA) is 87.5 Å². The highest BCUT2D eigenvalue weighted by Crippen LogP contribution is 2.22. The van der Waals surface area contributed by atoms with Crippen LogP contribution >= 0.6 is 0 Å². The number of aromatic nitrogens is 2. The fourth-order valence-corrected chi connectivity index (χ4v) is 4.61. The van der Waals surface area contributed by atoms with Crippen molar-refractivity contribution in [1.82, 2.24) is 24.9 Å². The monoisotopic (exact) mass is 463 g/mol. The van der Waals surface area contributed by atoms with E-state index in [0.717, 1.165) is 13.0 Å². The molecule has 1 N–H and O–H groups in total. The molecule has 2 fully saturated rings. The summed E-state index contributed by atoms with van der Waals surface area (Å²) >= 11 is 0. The molecule has 2 aliphatic heterocycles. The fraction of sp³-hybridized carbons (Fsp3) is 0.360. The molecule has 0 saturated carbocycles. The molecule has 0 spiro atoms. The van der Waals surface area contributed by atoms with Crippen molar-refractivity contribution in [2.45, 2.75) is 25.4 Å². The van der Waals surface area contributed by atoms with E-state index in [-0.39, 0.29) is 23.4 Å². The Bertz CT molecular complexity index is 1330.